The number of hydrazine groups is 1. The van der Waals surface area contributed by atoms with Gasteiger partial charge in [0.25, 0.3) is 5.91 Å². The monoisotopic (exact) mass is 295 g/mol. The third kappa shape index (κ3) is 7.31. The molecule has 1 heterocycles. The molecule has 0 bridgehead atoms. The zero-order chi connectivity index (χ0) is 13.4. The topological polar surface area (TPSA) is 102 Å². The van der Waals surface area contributed by atoms with Crippen LogP contribution in [-0.2, 0) is 9.59 Å². The molecule has 1 fully saturated rings. The van der Waals surface area contributed by atoms with Crippen LogP contribution in [0.4, 0.5) is 0 Å². The highest BCUT2D eigenvalue weighted by Crippen LogP contribution is 2.05. The van der Waals surface area contributed by atoms with Crippen molar-refractivity contribution in [2.24, 2.45) is 0 Å². The van der Waals surface area contributed by atoms with Crippen molar-refractivity contribution in [3.63, 3.8) is 0 Å². The van der Waals surface area contributed by atoms with Crippen LogP contribution >= 0.6 is 12.4 Å². The highest BCUT2D eigenvalue weighted by atomic mass is 35.5. The summed E-state index contributed by atoms with van der Waals surface area (Å²) in [5.74, 6) is -0.945. The van der Waals surface area contributed by atoms with Gasteiger partial charge in [-0.05, 0) is 12.8 Å². The fourth-order valence-electron chi connectivity index (χ4n) is 1.76. The average molecular weight is 296 g/mol. The second-order valence-electron chi connectivity index (χ2n) is 4.33. The van der Waals surface area contributed by atoms with Gasteiger partial charge in [-0.25, -0.2) is 5.01 Å². The van der Waals surface area contributed by atoms with Crippen molar-refractivity contribution in [1.82, 2.24) is 15.8 Å². The Bertz CT molecular complexity index is 285. The highest BCUT2D eigenvalue weighted by Gasteiger charge is 2.16. The number of aliphatic hydroxyl groups excluding tert-OH is 2. The molecule has 2 amide bonds. The van der Waals surface area contributed by atoms with Gasteiger partial charge in [0.05, 0.1) is 6.54 Å². The molecule has 1 aliphatic rings. The lowest BCUT2D eigenvalue weighted by atomic mass is 10.2. The molecule has 0 spiro atoms. The maximum atomic E-state index is 11.5. The van der Waals surface area contributed by atoms with Crippen LogP contribution in [0, 0.1) is 0 Å². The predicted molar refractivity (Wildman–Crippen MR) is 71.5 cm³/mol. The zero-order valence-electron chi connectivity index (χ0n) is 10.8. The van der Waals surface area contributed by atoms with Crippen LogP contribution in [0.15, 0.2) is 0 Å². The Kier molecular flexibility index (Phi) is 9.50. The molecule has 1 aliphatic heterocycles. The largest absolute Gasteiger partial charge is 0.396 e. The first-order valence-corrected chi connectivity index (χ1v) is 6.24. The molecule has 0 saturated carbocycles. The van der Waals surface area contributed by atoms with Gasteiger partial charge in [-0.2, -0.15) is 0 Å². The molecule has 1 atom stereocenters. The molecule has 1 unspecified atom stereocenters. The predicted octanol–water partition coefficient (Wildman–Crippen LogP) is -1.22. The van der Waals surface area contributed by atoms with Crippen LogP contribution < -0.4 is 10.7 Å². The molecule has 0 radical (unpaired) electrons. The summed E-state index contributed by atoms with van der Waals surface area (Å²) in [7, 11) is 0. The van der Waals surface area contributed by atoms with Gasteiger partial charge in [0.15, 0.2) is 0 Å². The number of nitrogens with zero attached hydrogens (tertiary/aromatic N) is 1. The normalized spacial score (nSPS) is 17.2. The van der Waals surface area contributed by atoms with Crippen LogP contribution in [0.1, 0.15) is 25.7 Å². The van der Waals surface area contributed by atoms with Gasteiger partial charge in [0, 0.05) is 26.1 Å². The fraction of sp³-hybridized carbons (Fsp3) is 0.818. The minimum absolute atomic E-state index is 0. The summed E-state index contributed by atoms with van der Waals surface area (Å²) in [6, 6.07) is 0. The molecule has 1 saturated heterocycles. The Balaban J connectivity index is 0.00000324. The quantitative estimate of drug-likeness (QED) is 0.492. The maximum Gasteiger partial charge on any atom is 0.253 e. The lowest BCUT2D eigenvalue weighted by molar-refractivity contribution is -0.133. The SMILES string of the molecule is Cl.O=C(CNC(=O)C(O)CCO)NN1CCCCC1. The summed E-state index contributed by atoms with van der Waals surface area (Å²) in [5.41, 5.74) is 2.69. The summed E-state index contributed by atoms with van der Waals surface area (Å²) in [6.07, 6.45) is 2.00. The van der Waals surface area contributed by atoms with E-state index in [1.165, 1.54) is 6.42 Å². The average Bonchev–Trinajstić information content (AvgIpc) is 2.37. The molecule has 4 N–H and O–H groups in total. The lowest BCUT2D eigenvalue weighted by Crippen LogP contribution is -2.49. The Labute approximate surface area is 118 Å². The number of hydrogen-bond donors (Lipinski definition) is 4. The van der Waals surface area contributed by atoms with Gasteiger partial charge in [0.1, 0.15) is 6.10 Å². The number of rotatable bonds is 6. The van der Waals surface area contributed by atoms with Crippen molar-refractivity contribution >= 4 is 24.2 Å². The number of nitrogens with one attached hydrogen (secondary N) is 2. The van der Waals surface area contributed by atoms with Gasteiger partial charge in [-0.1, -0.05) is 6.42 Å². The first kappa shape index (κ1) is 18.1. The third-order valence-electron chi connectivity index (χ3n) is 2.77. The van der Waals surface area contributed by atoms with E-state index in [1.54, 1.807) is 0 Å². The summed E-state index contributed by atoms with van der Waals surface area (Å²) in [6.45, 7) is 1.21. The van der Waals surface area contributed by atoms with Crippen LogP contribution in [0.3, 0.4) is 0 Å². The molecule has 0 aliphatic carbocycles. The second-order valence-corrected chi connectivity index (χ2v) is 4.33. The van der Waals surface area contributed by atoms with Crippen molar-refractivity contribution in [2.45, 2.75) is 31.8 Å². The highest BCUT2D eigenvalue weighted by molar-refractivity contribution is 5.86. The van der Waals surface area contributed by atoms with Crippen LogP contribution in [-0.4, -0.2) is 59.4 Å². The van der Waals surface area contributed by atoms with E-state index in [4.69, 9.17) is 5.11 Å². The van der Waals surface area contributed by atoms with Crippen LogP contribution in [0.25, 0.3) is 0 Å². The summed E-state index contributed by atoms with van der Waals surface area (Å²) < 4.78 is 0. The van der Waals surface area contributed by atoms with Crippen LogP contribution in [0.2, 0.25) is 0 Å². The van der Waals surface area contributed by atoms with Crippen molar-refractivity contribution in [2.75, 3.05) is 26.2 Å². The molecule has 1 rings (SSSR count). The zero-order valence-corrected chi connectivity index (χ0v) is 11.6. The van der Waals surface area contributed by atoms with Gasteiger partial charge >= 0.3 is 0 Å². The van der Waals surface area contributed by atoms with E-state index in [2.05, 4.69) is 10.7 Å². The van der Waals surface area contributed by atoms with Gasteiger partial charge in [-0.3, -0.25) is 15.0 Å². The van der Waals surface area contributed by atoms with Crippen LogP contribution in [0.5, 0.6) is 0 Å². The molecule has 0 aromatic heterocycles. The molecule has 19 heavy (non-hydrogen) atoms. The van der Waals surface area contributed by atoms with Crippen molar-refractivity contribution < 1.29 is 19.8 Å². The van der Waals surface area contributed by atoms with Gasteiger partial charge in [0.2, 0.25) is 5.91 Å². The molecule has 0 aromatic rings. The fourth-order valence-corrected chi connectivity index (χ4v) is 1.76. The minimum Gasteiger partial charge on any atom is -0.396 e. The summed E-state index contributed by atoms with van der Waals surface area (Å²) in [4.78, 5) is 22.8. The second kappa shape index (κ2) is 9.96. The van der Waals surface area contributed by atoms with Gasteiger partial charge in [-0.15, -0.1) is 12.4 Å². The number of carbonyl (C=O) groups excluding carboxylic acids is 2. The first-order valence-electron chi connectivity index (χ1n) is 6.24. The number of hydrogen-bond acceptors (Lipinski definition) is 5. The first-order chi connectivity index (χ1) is 8.63. The molecule has 8 heteroatoms. The van der Waals surface area contributed by atoms with E-state index < -0.39 is 12.0 Å². The summed E-state index contributed by atoms with van der Waals surface area (Å²) >= 11 is 0. The van der Waals surface area contributed by atoms with E-state index >= 15 is 0 Å². The lowest BCUT2D eigenvalue weighted by Gasteiger charge is -2.26. The summed E-state index contributed by atoms with van der Waals surface area (Å²) in [5, 5.41) is 21.9. The van der Waals surface area contributed by atoms with E-state index in [0.29, 0.717) is 0 Å². The smallest absolute Gasteiger partial charge is 0.253 e. The molecule has 112 valence electrons. The van der Waals surface area contributed by atoms with Crippen molar-refractivity contribution in [3.05, 3.63) is 0 Å². The van der Waals surface area contributed by atoms with Gasteiger partial charge < -0.3 is 15.5 Å². The van der Waals surface area contributed by atoms with Crippen molar-refractivity contribution in [1.29, 1.82) is 0 Å². The maximum absolute atomic E-state index is 11.5. The third-order valence-corrected chi connectivity index (χ3v) is 2.77. The number of piperidine rings is 1. The van der Waals surface area contributed by atoms with E-state index in [0.717, 1.165) is 25.9 Å². The number of halogens is 1. The number of aliphatic hydroxyl groups is 2. The Hall–Kier alpha value is -0.890. The standard InChI is InChI=1S/C11H21N3O4.ClH/c15-7-4-9(16)11(18)12-8-10(17)13-14-5-2-1-3-6-14;/h9,15-16H,1-8H2,(H,12,18)(H,13,17);1H. The van der Waals surface area contributed by atoms with E-state index in [9.17, 15) is 14.7 Å². The van der Waals surface area contributed by atoms with E-state index in [-0.39, 0.29) is 37.9 Å². The Morgan fingerprint density at radius 2 is 1.84 bits per heavy atom. The Morgan fingerprint density at radius 1 is 1.21 bits per heavy atom. The Morgan fingerprint density at radius 3 is 2.42 bits per heavy atom. The molecular formula is C11H22ClN3O4. The molecule has 7 nitrogen and oxygen atoms in total. The van der Waals surface area contributed by atoms with E-state index in [1.807, 2.05) is 5.01 Å². The number of carbonyl (C=O) groups is 2. The number of amides is 2. The van der Waals surface area contributed by atoms with Crippen molar-refractivity contribution in [3.8, 4) is 0 Å². The molecular weight excluding hydrogens is 274 g/mol. The minimum atomic E-state index is -1.27. The molecule has 0 aromatic carbocycles.